The largest absolute Gasteiger partial charge is 0.497 e. The van der Waals surface area contributed by atoms with Gasteiger partial charge in [0.1, 0.15) is 17.3 Å². The summed E-state index contributed by atoms with van der Waals surface area (Å²) in [5.41, 5.74) is 0.775. The molecule has 0 aliphatic carbocycles. The van der Waals surface area contributed by atoms with E-state index in [1.54, 1.807) is 31.4 Å². The number of aromatic nitrogens is 3. The summed E-state index contributed by atoms with van der Waals surface area (Å²) >= 11 is 1.09. The number of nitrogens with zero attached hydrogens (tertiary/aromatic N) is 3. The minimum Gasteiger partial charge on any atom is -0.497 e. The van der Waals surface area contributed by atoms with E-state index in [-0.39, 0.29) is 28.5 Å². The fraction of sp³-hybridized carbons (Fsp3) is 0.100. The van der Waals surface area contributed by atoms with E-state index in [2.05, 4.69) is 10.1 Å². The Kier molecular flexibility index (Phi) is 4.70. The summed E-state index contributed by atoms with van der Waals surface area (Å²) in [6.07, 6.45) is 1.87. The molecule has 6 nitrogen and oxygen atoms in total. The molecule has 0 radical (unpaired) electrons. The molecule has 0 spiro atoms. The average molecular weight is 395 g/mol. The lowest BCUT2D eigenvalue weighted by molar-refractivity contribution is 0.414. The quantitative estimate of drug-likeness (QED) is 0.527. The predicted octanol–water partition coefficient (Wildman–Crippen LogP) is 1.80. The molecule has 0 amide bonds. The van der Waals surface area contributed by atoms with Gasteiger partial charge in [0.25, 0.3) is 11.1 Å². The van der Waals surface area contributed by atoms with Crippen LogP contribution in [-0.4, -0.2) is 21.7 Å². The minimum absolute atomic E-state index is 0.131. The van der Waals surface area contributed by atoms with E-state index in [0.29, 0.717) is 15.8 Å². The first kappa shape index (κ1) is 18.0. The smallest absolute Gasteiger partial charge is 0.296 e. The van der Waals surface area contributed by atoms with Crippen LogP contribution in [0.25, 0.3) is 11.0 Å². The number of methoxy groups -OCH3 is 1. The van der Waals surface area contributed by atoms with Crippen LogP contribution in [0.3, 0.4) is 0 Å². The highest BCUT2D eigenvalue weighted by Crippen LogP contribution is 2.13. The lowest BCUT2D eigenvalue weighted by Crippen LogP contribution is -2.28. The van der Waals surface area contributed by atoms with Crippen LogP contribution in [0.4, 0.5) is 4.39 Å². The number of hydrogen-bond donors (Lipinski definition) is 0. The second-order valence-corrected chi connectivity index (χ2v) is 7.06. The van der Waals surface area contributed by atoms with Crippen molar-refractivity contribution in [1.29, 1.82) is 0 Å². The van der Waals surface area contributed by atoms with Crippen molar-refractivity contribution in [1.82, 2.24) is 14.6 Å². The molecule has 4 rings (SSSR count). The molecule has 0 fully saturated rings. The maximum Gasteiger partial charge on any atom is 0.296 e. The topological polar surface area (TPSA) is 73.6 Å². The Morgan fingerprint density at radius 1 is 1.18 bits per heavy atom. The van der Waals surface area contributed by atoms with Gasteiger partial charge >= 0.3 is 0 Å². The molecule has 2 aromatic carbocycles. The monoisotopic (exact) mass is 395 g/mol. The van der Waals surface area contributed by atoms with Gasteiger partial charge in [0.2, 0.25) is 4.96 Å². The molecule has 0 bridgehead atoms. The van der Waals surface area contributed by atoms with E-state index in [1.807, 2.05) is 18.2 Å². The SMILES string of the molecule is COc1cccc(/C=c2/sc3nc(=O)c(Cc4ccc(F)cc4)nn3c2=O)c1. The number of benzene rings is 2. The van der Waals surface area contributed by atoms with Gasteiger partial charge < -0.3 is 4.74 Å². The molecule has 8 heteroatoms. The second kappa shape index (κ2) is 7.32. The third-order valence-corrected chi connectivity index (χ3v) is 5.09. The number of halogens is 1. The zero-order valence-corrected chi connectivity index (χ0v) is 15.6. The first-order chi connectivity index (χ1) is 13.5. The van der Waals surface area contributed by atoms with E-state index in [9.17, 15) is 14.0 Å². The molecule has 0 aliphatic heterocycles. The van der Waals surface area contributed by atoms with Gasteiger partial charge in [-0.1, -0.05) is 35.6 Å². The van der Waals surface area contributed by atoms with Crippen molar-refractivity contribution in [2.24, 2.45) is 0 Å². The summed E-state index contributed by atoms with van der Waals surface area (Å²) < 4.78 is 19.8. The highest BCUT2D eigenvalue weighted by atomic mass is 32.1. The lowest BCUT2D eigenvalue weighted by Gasteiger charge is -2.00. The number of hydrogen-bond acceptors (Lipinski definition) is 6. The molecule has 2 heterocycles. The van der Waals surface area contributed by atoms with Crippen LogP contribution >= 0.6 is 11.3 Å². The van der Waals surface area contributed by atoms with Crippen molar-refractivity contribution in [2.45, 2.75) is 6.42 Å². The van der Waals surface area contributed by atoms with Gasteiger partial charge in [0.15, 0.2) is 0 Å². The normalized spacial score (nSPS) is 11.9. The second-order valence-electron chi connectivity index (χ2n) is 6.05. The minimum atomic E-state index is -0.501. The van der Waals surface area contributed by atoms with Crippen LogP contribution in [0.5, 0.6) is 5.75 Å². The van der Waals surface area contributed by atoms with Crippen molar-refractivity contribution < 1.29 is 9.13 Å². The summed E-state index contributed by atoms with van der Waals surface area (Å²) in [7, 11) is 1.57. The molecule has 0 aliphatic rings. The molecule has 0 N–H and O–H groups in total. The Balaban J connectivity index is 1.78. The average Bonchev–Trinajstić information content (AvgIpc) is 2.98. The highest BCUT2D eigenvalue weighted by molar-refractivity contribution is 7.15. The van der Waals surface area contributed by atoms with Crippen LogP contribution < -0.4 is 20.4 Å². The van der Waals surface area contributed by atoms with E-state index in [0.717, 1.165) is 21.4 Å². The van der Waals surface area contributed by atoms with Gasteiger partial charge in [0.05, 0.1) is 11.6 Å². The lowest BCUT2D eigenvalue weighted by atomic mass is 10.1. The van der Waals surface area contributed by atoms with E-state index in [1.165, 1.54) is 12.1 Å². The molecule has 140 valence electrons. The molecular formula is C20H14FN3O3S. The van der Waals surface area contributed by atoms with Gasteiger partial charge in [-0.15, -0.1) is 0 Å². The molecule has 0 atom stereocenters. The summed E-state index contributed by atoms with van der Waals surface area (Å²) in [5.74, 6) is 0.314. The van der Waals surface area contributed by atoms with E-state index >= 15 is 0 Å². The molecule has 0 unspecified atom stereocenters. The summed E-state index contributed by atoms with van der Waals surface area (Å²) in [4.78, 5) is 29.2. The van der Waals surface area contributed by atoms with Gasteiger partial charge in [-0.25, -0.2) is 4.39 Å². The van der Waals surface area contributed by atoms with Crippen molar-refractivity contribution in [3.63, 3.8) is 0 Å². The van der Waals surface area contributed by atoms with Crippen molar-refractivity contribution in [3.8, 4) is 5.75 Å². The van der Waals surface area contributed by atoms with E-state index < -0.39 is 5.56 Å². The van der Waals surface area contributed by atoms with Gasteiger partial charge in [-0.2, -0.15) is 14.6 Å². The molecule has 2 aromatic heterocycles. The van der Waals surface area contributed by atoms with Crippen LogP contribution in [0.2, 0.25) is 0 Å². The Morgan fingerprint density at radius 3 is 2.71 bits per heavy atom. The summed E-state index contributed by atoms with van der Waals surface area (Å²) in [6.45, 7) is 0. The number of rotatable bonds is 4. The van der Waals surface area contributed by atoms with Gasteiger partial charge in [-0.05, 0) is 41.5 Å². The third kappa shape index (κ3) is 3.54. The number of fused-ring (bicyclic) bond motifs is 1. The van der Waals surface area contributed by atoms with Crippen LogP contribution in [-0.2, 0) is 6.42 Å². The summed E-state index contributed by atoms with van der Waals surface area (Å²) in [6, 6.07) is 13.0. The van der Waals surface area contributed by atoms with Gasteiger partial charge in [-0.3, -0.25) is 9.59 Å². The molecule has 0 saturated heterocycles. The van der Waals surface area contributed by atoms with Crippen molar-refractivity contribution >= 4 is 22.4 Å². The van der Waals surface area contributed by atoms with Gasteiger partial charge in [0, 0.05) is 6.42 Å². The Morgan fingerprint density at radius 2 is 1.96 bits per heavy atom. The first-order valence-electron chi connectivity index (χ1n) is 8.36. The maximum absolute atomic E-state index is 13.1. The maximum atomic E-state index is 13.1. The highest BCUT2D eigenvalue weighted by Gasteiger charge is 2.12. The van der Waals surface area contributed by atoms with Crippen LogP contribution in [0, 0.1) is 5.82 Å². The van der Waals surface area contributed by atoms with Crippen LogP contribution in [0.15, 0.2) is 58.1 Å². The van der Waals surface area contributed by atoms with Crippen molar-refractivity contribution in [2.75, 3.05) is 7.11 Å². The molecule has 28 heavy (non-hydrogen) atoms. The van der Waals surface area contributed by atoms with Crippen molar-refractivity contribution in [3.05, 3.63) is 96.4 Å². The van der Waals surface area contributed by atoms with Crippen LogP contribution in [0.1, 0.15) is 16.8 Å². The molecular weight excluding hydrogens is 381 g/mol. The Labute approximate surface area is 162 Å². The molecule has 0 saturated carbocycles. The number of ether oxygens (including phenoxy) is 1. The zero-order chi connectivity index (χ0) is 19.7. The Bertz CT molecular complexity index is 1330. The third-order valence-electron chi connectivity index (χ3n) is 4.13. The zero-order valence-electron chi connectivity index (χ0n) is 14.8. The molecule has 4 aromatic rings. The Hall–Kier alpha value is -3.39. The fourth-order valence-corrected chi connectivity index (χ4v) is 3.63. The first-order valence-corrected chi connectivity index (χ1v) is 9.18. The summed E-state index contributed by atoms with van der Waals surface area (Å²) in [5, 5.41) is 4.19. The fourth-order valence-electron chi connectivity index (χ4n) is 2.73. The number of thiazole rings is 1. The predicted molar refractivity (Wildman–Crippen MR) is 104 cm³/mol. The standard InChI is InChI=1S/C20H14FN3O3S/c1-27-15-4-2-3-13(9-15)11-17-19(26)24-20(28-17)22-18(25)16(23-24)10-12-5-7-14(21)8-6-12/h2-9,11H,10H2,1H3/b17-11+. The van der Waals surface area contributed by atoms with E-state index in [4.69, 9.17) is 4.74 Å².